The summed E-state index contributed by atoms with van der Waals surface area (Å²) in [4.78, 5) is 13.1. The first kappa shape index (κ1) is 27.8. The number of methoxy groups -OCH3 is 1. The summed E-state index contributed by atoms with van der Waals surface area (Å²) in [6, 6.07) is 11.7. The Bertz CT molecular complexity index is 1240. The molecule has 0 bridgehead atoms. The molecule has 0 aliphatic carbocycles. The van der Waals surface area contributed by atoms with Crippen LogP contribution in [0, 0.1) is 0 Å². The zero-order chi connectivity index (χ0) is 26.3. The van der Waals surface area contributed by atoms with Gasteiger partial charge in [0.15, 0.2) is 0 Å². The molecule has 1 N–H and O–H groups in total. The van der Waals surface area contributed by atoms with E-state index in [1.165, 1.54) is 23.5 Å². The molecule has 1 heterocycles. The molecule has 2 aromatic rings. The van der Waals surface area contributed by atoms with E-state index in [1.54, 1.807) is 43.3 Å². The van der Waals surface area contributed by atoms with Crippen molar-refractivity contribution in [1.29, 1.82) is 0 Å². The van der Waals surface area contributed by atoms with Gasteiger partial charge in [0.25, 0.3) is 0 Å². The largest absolute Gasteiger partial charge is 0.497 e. The molecule has 1 atom stereocenters. The first-order valence-corrected chi connectivity index (χ1v) is 15.0. The maximum Gasteiger partial charge on any atom is 0.244 e. The third-order valence-corrected chi connectivity index (χ3v) is 8.93. The molecule has 1 amide bonds. The molecular formula is C24H33N3O7S2. The van der Waals surface area contributed by atoms with Crippen LogP contribution in [0.3, 0.4) is 0 Å². The number of carbonyl (C=O) groups is 1. The van der Waals surface area contributed by atoms with Gasteiger partial charge in [-0.3, -0.25) is 9.10 Å². The number of amides is 1. The molecule has 0 radical (unpaired) electrons. The predicted octanol–water partition coefficient (Wildman–Crippen LogP) is 2.22. The van der Waals surface area contributed by atoms with Crippen LogP contribution in [-0.2, 0) is 24.8 Å². The molecule has 12 heteroatoms. The Morgan fingerprint density at radius 1 is 1.06 bits per heavy atom. The lowest BCUT2D eigenvalue weighted by atomic mass is 10.2. The Morgan fingerprint density at radius 3 is 2.31 bits per heavy atom. The topological polar surface area (TPSA) is 122 Å². The average Bonchev–Trinajstić information content (AvgIpc) is 3.40. The number of hydrogen-bond acceptors (Lipinski definition) is 7. The number of carbonyl (C=O) groups excluding carboxylic acids is 1. The van der Waals surface area contributed by atoms with Crippen LogP contribution >= 0.6 is 0 Å². The normalized spacial score (nSPS) is 15.3. The lowest BCUT2D eigenvalue weighted by Gasteiger charge is -2.30. The van der Waals surface area contributed by atoms with E-state index >= 15 is 0 Å². The molecule has 1 fully saturated rings. The molecular weight excluding hydrogens is 506 g/mol. The third-order valence-electron chi connectivity index (χ3n) is 5.83. The van der Waals surface area contributed by atoms with Gasteiger partial charge in [-0.15, -0.1) is 0 Å². The smallest absolute Gasteiger partial charge is 0.244 e. The zero-order valence-electron chi connectivity index (χ0n) is 20.7. The van der Waals surface area contributed by atoms with Crippen LogP contribution in [0.2, 0.25) is 0 Å². The first-order valence-electron chi connectivity index (χ1n) is 11.7. The molecule has 1 aliphatic rings. The number of rotatable bonds is 12. The van der Waals surface area contributed by atoms with Crippen LogP contribution in [-0.4, -0.2) is 72.7 Å². The highest BCUT2D eigenvalue weighted by Gasteiger charge is 2.31. The Kier molecular flexibility index (Phi) is 9.20. The fraction of sp³-hybridized carbons (Fsp3) is 0.458. The van der Waals surface area contributed by atoms with E-state index in [1.807, 2.05) is 0 Å². The maximum absolute atomic E-state index is 12.9. The molecule has 0 aromatic heterocycles. The van der Waals surface area contributed by atoms with E-state index in [0.29, 0.717) is 30.3 Å². The molecule has 198 valence electrons. The zero-order valence-corrected chi connectivity index (χ0v) is 22.3. The Morgan fingerprint density at radius 2 is 1.72 bits per heavy atom. The summed E-state index contributed by atoms with van der Waals surface area (Å²) in [6.07, 6.45) is 3.04. The number of benzene rings is 2. The molecule has 36 heavy (non-hydrogen) atoms. The van der Waals surface area contributed by atoms with E-state index in [0.717, 1.165) is 23.4 Å². The molecule has 10 nitrogen and oxygen atoms in total. The fourth-order valence-corrected chi connectivity index (χ4v) is 6.77. The Labute approximate surface area is 213 Å². The maximum atomic E-state index is 12.9. The summed E-state index contributed by atoms with van der Waals surface area (Å²) in [5.41, 5.74) is 0.332. The van der Waals surface area contributed by atoms with Gasteiger partial charge in [-0.05, 0) is 55.7 Å². The van der Waals surface area contributed by atoms with E-state index < -0.39 is 32.0 Å². The van der Waals surface area contributed by atoms with Crippen LogP contribution in [0.5, 0.6) is 11.5 Å². The molecule has 2 aromatic carbocycles. The van der Waals surface area contributed by atoms with Crippen LogP contribution in [0.25, 0.3) is 0 Å². The SMILES string of the molecule is CC[C@H](C(=O)NCCOc1ccc(S(=O)(=O)N2CCCC2)cc1)N(c1cccc(OC)c1)S(C)(=O)=O. The van der Waals surface area contributed by atoms with E-state index in [9.17, 15) is 21.6 Å². The molecule has 1 aliphatic heterocycles. The Balaban J connectivity index is 1.59. The second kappa shape index (κ2) is 11.9. The molecule has 1 saturated heterocycles. The monoisotopic (exact) mass is 539 g/mol. The van der Waals surface area contributed by atoms with Gasteiger partial charge in [-0.2, -0.15) is 4.31 Å². The van der Waals surface area contributed by atoms with Crippen LogP contribution in [0.1, 0.15) is 26.2 Å². The summed E-state index contributed by atoms with van der Waals surface area (Å²) in [6.45, 7) is 3.06. The Hall–Kier alpha value is -2.83. The van der Waals surface area contributed by atoms with Crippen LogP contribution in [0.4, 0.5) is 5.69 Å². The van der Waals surface area contributed by atoms with Crippen molar-refractivity contribution in [2.75, 3.05) is 43.9 Å². The van der Waals surface area contributed by atoms with Crippen molar-refractivity contribution in [3.8, 4) is 11.5 Å². The standard InChI is InChI=1S/C24H33N3O7S2/c1-4-23(27(35(3,29)30)19-8-7-9-21(18-19)33-2)24(28)25-14-17-34-20-10-12-22(13-11-20)36(31,32)26-15-5-6-16-26/h7-13,18,23H,4-6,14-17H2,1-3H3,(H,25,28)/t23-/m1/s1. The van der Waals surface area contributed by atoms with Crippen molar-refractivity contribution < 1.29 is 31.1 Å². The van der Waals surface area contributed by atoms with Gasteiger partial charge in [0, 0.05) is 19.2 Å². The highest BCUT2D eigenvalue weighted by molar-refractivity contribution is 7.92. The number of nitrogens with zero attached hydrogens (tertiary/aromatic N) is 2. The average molecular weight is 540 g/mol. The number of sulfonamides is 2. The molecule has 0 spiro atoms. The van der Waals surface area contributed by atoms with Crippen molar-refractivity contribution in [3.63, 3.8) is 0 Å². The highest BCUT2D eigenvalue weighted by Crippen LogP contribution is 2.26. The number of ether oxygens (including phenoxy) is 2. The summed E-state index contributed by atoms with van der Waals surface area (Å²) in [7, 11) is -5.77. The van der Waals surface area contributed by atoms with Gasteiger partial charge in [0.2, 0.25) is 26.0 Å². The minimum Gasteiger partial charge on any atom is -0.497 e. The second-order valence-electron chi connectivity index (χ2n) is 8.41. The van der Waals surface area contributed by atoms with Crippen molar-refractivity contribution in [2.45, 2.75) is 37.1 Å². The van der Waals surface area contributed by atoms with E-state index in [-0.39, 0.29) is 24.5 Å². The third kappa shape index (κ3) is 6.68. The van der Waals surface area contributed by atoms with Crippen LogP contribution < -0.4 is 19.1 Å². The van der Waals surface area contributed by atoms with Crippen molar-refractivity contribution in [3.05, 3.63) is 48.5 Å². The molecule has 3 rings (SSSR count). The highest BCUT2D eigenvalue weighted by atomic mass is 32.2. The number of hydrogen-bond donors (Lipinski definition) is 1. The van der Waals surface area contributed by atoms with Gasteiger partial charge in [-0.1, -0.05) is 13.0 Å². The predicted molar refractivity (Wildman–Crippen MR) is 137 cm³/mol. The number of anilines is 1. The van der Waals surface area contributed by atoms with Gasteiger partial charge < -0.3 is 14.8 Å². The summed E-state index contributed by atoms with van der Waals surface area (Å²) < 4.78 is 63.8. The van der Waals surface area contributed by atoms with E-state index in [2.05, 4.69) is 5.32 Å². The lowest BCUT2D eigenvalue weighted by molar-refractivity contribution is -0.122. The lowest BCUT2D eigenvalue weighted by Crippen LogP contribution is -2.50. The second-order valence-corrected chi connectivity index (χ2v) is 12.2. The van der Waals surface area contributed by atoms with Crippen molar-refractivity contribution >= 4 is 31.6 Å². The minimum absolute atomic E-state index is 0.123. The van der Waals surface area contributed by atoms with Gasteiger partial charge >= 0.3 is 0 Å². The molecule has 0 saturated carbocycles. The summed E-state index contributed by atoms with van der Waals surface area (Å²) in [5.74, 6) is 0.483. The van der Waals surface area contributed by atoms with Gasteiger partial charge in [0.05, 0.1) is 30.5 Å². The fourth-order valence-electron chi connectivity index (χ4n) is 4.05. The number of nitrogens with one attached hydrogen (secondary N) is 1. The summed E-state index contributed by atoms with van der Waals surface area (Å²) >= 11 is 0. The minimum atomic E-state index is -3.76. The summed E-state index contributed by atoms with van der Waals surface area (Å²) in [5, 5.41) is 2.72. The van der Waals surface area contributed by atoms with Gasteiger partial charge in [-0.25, -0.2) is 16.8 Å². The first-order chi connectivity index (χ1) is 17.1. The quantitative estimate of drug-likeness (QED) is 0.411. The van der Waals surface area contributed by atoms with Crippen molar-refractivity contribution in [1.82, 2.24) is 9.62 Å². The van der Waals surface area contributed by atoms with E-state index in [4.69, 9.17) is 9.47 Å². The van der Waals surface area contributed by atoms with Gasteiger partial charge in [0.1, 0.15) is 24.1 Å². The van der Waals surface area contributed by atoms with Crippen molar-refractivity contribution in [2.24, 2.45) is 0 Å². The van der Waals surface area contributed by atoms with Crippen LogP contribution in [0.15, 0.2) is 53.4 Å². The molecule has 0 unspecified atom stereocenters.